The molecule has 6 nitrogen and oxygen atoms in total. The molecular formula is C19H26N4O2. The summed E-state index contributed by atoms with van der Waals surface area (Å²) in [6.07, 6.45) is 1.75. The highest BCUT2D eigenvalue weighted by atomic mass is 16.5. The number of aromatic nitrogens is 1. The van der Waals surface area contributed by atoms with E-state index in [2.05, 4.69) is 20.6 Å². The fourth-order valence-electron chi connectivity index (χ4n) is 2.18. The van der Waals surface area contributed by atoms with Crippen LogP contribution in [0.4, 0.5) is 0 Å². The van der Waals surface area contributed by atoms with Crippen molar-refractivity contribution in [2.75, 3.05) is 20.2 Å². The van der Waals surface area contributed by atoms with Crippen LogP contribution in [0, 0.1) is 0 Å². The van der Waals surface area contributed by atoms with Crippen molar-refractivity contribution in [1.29, 1.82) is 0 Å². The summed E-state index contributed by atoms with van der Waals surface area (Å²) < 4.78 is 11.1. The Morgan fingerprint density at radius 2 is 2.00 bits per heavy atom. The van der Waals surface area contributed by atoms with Crippen molar-refractivity contribution >= 4 is 5.96 Å². The Bertz CT molecular complexity index is 661. The SMILES string of the molecule is CCNC(=NCc1ccccn1)NCC(C)Oc1cccc(OC)c1. The van der Waals surface area contributed by atoms with Gasteiger partial charge in [-0.25, -0.2) is 4.99 Å². The number of nitrogens with zero attached hydrogens (tertiary/aromatic N) is 2. The van der Waals surface area contributed by atoms with Gasteiger partial charge in [-0.1, -0.05) is 12.1 Å². The first kappa shape index (κ1) is 18.6. The Hall–Kier alpha value is -2.76. The average molecular weight is 342 g/mol. The van der Waals surface area contributed by atoms with E-state index in [1.54, 1.807) is 13.3 Å². The van der Waals surface area contributed by atoms with Gasteiger partial charge >= 0.3 is 0 Å². The number of nitrogens with one attached hydrogen (secondary N) is 2. The zero-order chi connectivity index (χ0) is 17.9. The second-order valence-corrected chi connectivity index (χ2v) is 5.50. The number of pyridine rings is 1. The molecule has 1 heterocycles. The number of aliphatic imine (C=N–C) groups is 1. The van der Waals surface area contributed by atoms with Gasteiger partial charge in [0.25, 0.3) is 0 Å². The second-order valence-electron chi connectivity index (χ2n) is 5.50. The molecule has 134 valence electrons. The highest BCUT2D eigenvalue weighted by molar-refractivity contribution is 5.79. The maximum Gasteiger partial charge on any atom is 0.191 e. The normalized spacial score (nSPS) is 12.4. The van der Waals surface area contributed by atoms with Crippen LogP contribution in [0.5, 0.6) is 11.5 Å². The fourth-order valence-corrected chi connectivity index (χ4v) is 2.18. The molecule has 0 radical (unpaired) electrons. The average Bonchev–Trinajstić information content (AvgIpc) is 2.65. The van der Waals surface area contributed by atoms with Crippen LogP contribution in [-0.4, -0.2) is 37.2 Å². The van der Waals surface area contributed by atoms with E-state index in [0.29, 0.717) is 13.1 Å². The van der Waals surface area contributed by atoms with Gasteiger partial charge in [-0.2, -0.15) is 0 Å². The number of benzene rings is 1. The molecule has 0 aliphatic heterocycles. The summed E-state index contributed by atoms with van der Waals surface area (Å²) in [4.78, 5) is 8.83. The fraction of sp³-hybridized carbons (Fsp3) is 0.368. The zero-order valence-corrected chi connectivity index (χ0v) is 15.0. The van der Waals surface area contributed by atoms with Gasteiger partial charge in [-0.05, 0) is 38.1 Å². The smallest absolute Gasteiger partial charge is 0.191 e. The van der Waals surface area contributed by atoms with Gasteiger partial charge in [0, 0.05) is 18.8 Å². The molecule has 0 aliphatic carbocycles. The van der Waals surface area contributed by atoms with E-state index in [1.807, 2.05) is 56.3 Å². The summed E-state index contributed by atoms with van der Waals surface area (Å²) in [5.74, 6) is 2.31. The molecule has 2 rings (SSSR count). The van der Waals surface area contributed by atoms with Gasteiger partial charge in [0.05, 0.1) is 25.9 Å². The first-order valence-electron chi connectivity index (χ1n) is 8.44. The molecule has 1 aromatic carbocycles. The second kappa shape index (κ2) is 10.2. The monoisotopic (exact) mass is 342 g/mol. The molecule has 1 atom stereocenters. The Balaban J connectivity index is 1.86. The highest BCUT2D eigenvalue weighted by Gasteiger charge is 2.06. The van der Waals surface area contributed by atoms with Crippen LogP contribution in [0.3, 0.4) is 0 Å². The zero-order valence-electron chi connectivity index (χ0n) is 15.0. The largest absolute Gasteiger partial charge is 0.497 e. The number of ether oxygens (including phenoxy) is 2. The Labute approximate surface area is 149 Å². The molecule has 1 aromatic heterocycles. The third-order valence-electron chi connectivity index (χ3n) is 3.40. The van der Waals surface area contributed by atoms with E-state index in [1.165, 1.54) is 0 Å². The summed E-state index contributed by atoms with van der Waals surface area (Å²) in [5, 5.41) is 6.52. The van der Waals surface area contributed by atoms with Gasteiger partial charge in [-0.3, -0.25) is 4.98 Å². The molecule has 0 saturated heterocycles. The van der Waals surface area contributed by atoms with Crippen molar-refractivity contribution in [2.24, 2.45) is 4.99 Å². The lowest BCUT2D eigenvalue weighted by atomic mass is 10.3. The number of rotatable bonds is 8. The van der Waals surface area contributed by atoms with Gasteiger partial charge in [0.15, 0.2) is 5.96 Å². The van der Waals surface area contributed by atoms with Crippen LogP contribution in [-0.2, 0) is 6.54 Å². The highest BCUT2D eigenvalue weighted by Crippen LogP contribution is 2.19. The first-order chi connectivity index (χ1) is 12.2. The van der Waals surface area contributed by atoms with Crippen molar-refractivity contribution in [3.63, 3.8) is 0 Å². The molecule has 0 saturated carbocycles. The van der Waals surface area contributed by atoms with E-state index >= 15 is 0 Å². The van der Waals surface area contributed by atoms with Crippen molar-refractivity contribution in [3.8, 4) is 11.5 Å². The number of methoxy groups -OCH3 is 1. The summed E-state index contributed by atoms with van der Waals surface area (Å²) in [7, 11) is 1.64. The van der Waals surface area contributed by atoms with Crippen LogP contribution >= 0.6 is 0 Å². The number of hydrogen-bond donors (Lipinski definition) is 2. The summed E-state index contributed by atoms with van der Waals surface area (Å²) in [5.41, 5.74) is 0.931. The van der Waals surface area contributed by atoms with E-state index in [0.717, 1.165) is 29.7 Å². The Morgan fingerprint density at radius 3 is 2.72 bits per heavy atom. The maximum atomic E-state index is 5.91. The lowest BCUT2D eigenvalue weighted by Gasteiger charge is -2.18. The topological polar surface area (TPSA) is 67.8 Å². The van der Waals surface area contributed by atoms with Crippen molar-refractivity contribution in [3.05, 3.63) is 54.4 Å². The summed E-state index contributed by atoms with van der Waals surface area (Å²) >= 11 is 0. The summed E-state index contributed by atoms with van der Waals surface area (Å²) in [6, 6.07) is 13.4. The van der Waals surface area contributed by atoms with Crippen LogP contribution in [0.1, 0.15) is 19.5 Å². The Kier molecular flexibility index (Phi) is 7.56. The lowest BCUT2D eigenvalue weighted by Crippen LogP contribution is -2.41. The van der Waals surface area contributed by atoms with Crippen LogP contribution in [0.15, 0.2) is 53.7 Å². The van der Waals surface area contributed by atoms with Crippen LogP contribution in [0.2, 0.25) is 0 Å². The molecule has 0 bridgehead atoms. The van der Waals surface area contributed by atoms with E-state index in [-0.39, 0.29) is 6.10 Å². The van der Waals surface area contributed by atoms with Crippen molar-refractivity contribution in [1.82, 2.24) is 15.6 Å². The number of hydrogen-bond acceptors (Lipinski definition) is 4. The van der Waals surface area contributed by atoms with Gasteiger partial charge in [0.1, 0.15) is 17.6 Å². The molecule has 0 spiro atoms. The van der Waals surface area contributed by atoms with Gasteiger partial charge in [0.2, 0.25) is 0 Å². The molecule has 0 fully saturated rings. The van der Waals surface area contributed by atoms with Crippen LogP contribution < -0.4 is 20.1 Å². The molecule has 2 N–H and O–H groups in total. The molecule has 0 amide bonds. The molecular weight excluding hydrogens is 316 g/mol. The predicted molar refractivity (Wildman–Crippen MR) is 100 cm³/mol. The summed E-state index contributed by atoms with van der Waals surface area (Å²) in [6.45, 7) is 5.99. The standard InChI is InChI=1S/C19H26N4O2/c1-4-20-19(23-14-16-8-5-6-11-21-16)22-13-15(2)25-18-10-7-9-17(12-18)24-3/h5-12,15H,4,13-14H2,1-3H3,(H2,20,22,23). The van der Waals surface area contributed by atoms with E-state index in [4.69, 9.17) is 9.47 Å². The molecule has 0 aliphatic rings. The molecule has 25 heavy (non-hydrogen) atoms. The quantitative estimate of drug-likeness (QED) is 0.570. The van der Waals surface area contributed by atoms with Gasteiger partial charge in [-0.15, -0.1) is 0 Å². The number of guanidine groups is 1. The van der Waals surface area contributed by atoms with Crippen molar-refractivity contribution in [2.45, 2.75) is 26.5 Å². The first-order valence-corrected chi connectivity index (χ1v) is 8.44. The molecule has 1 unspecified atom stereocenters. The van der Waals surface area contributed by atoms with Crippen molar-refractivity contribution < 1.29 is 9.47 Å². The van der Waals surface area contributed by atoms with E-state index in [9.17, 15) is 0 Å². The molecule has 2 aromatic rings. The minimum atomic E-state index is -0.0224. The van der Waals surface area contributed by atoms with Crippen LogP contribution in [0.25, 0.3) is 0 Å². The Morgan fingerprint density at radius 1 is 1.16 bits per heavy atom. The van der Waals surface area contributed by atoms with Gasteiger partial charge < -0.3 is 20.1 Å². The van der Waals surface area contributed by atoms with E-state index < -0.39 is 0 Å². The minimum Gasteiger partial charge on any atom is -0.497 e. The third kappa shape index (κ3) is 6.71. The molecule has 6 heteroatoms. The predicted octanol–water partition coefficient (Wildman–Crippen LogP) is 2.61. The minimum absolute atomic E-state index is 0.0224. The lowest BCUT2D eigenvalue weighted by molar-refractivity contribution is 0.223. The maximum absolute atomic E-state index is 5.91. The third-order valence-corrected chi connectivity index (χ3v) is 3.40.